The maximum absolute atomic E-state index is 12.6. The Morgan fingerprint density at radius 2 is 2.00 bits per heavy atom. The molecule has 0 bridgehead atoms. The van der Waals surface area contributed by atoms with Gasteiger partial charge in [-0.15, -0.1) is 6.58 Å². The van der Waals surface area contributed by atoms with Crippen LogP contribution in [0.4, 0.5) is 0 Å². The number of carbonyl (C=O) groups excluding carboxylic acids is 1. The summed E-state index contributed by atoms with van der Waals surface area (Å²) in [6.45, 7) is 4.38. The fraction of sp³-hybridized carbons (Fsp3) is 0.526. The Morgan fingerprint density at radius 1 is 1.28 bits per heavy atom. The lowest BCUT2D eigenvalue weighted by Gasteiger charge is -2.24. The first kappa shape index (κ1) is 19.7. The van der Waals surface area contributed by atoms with Gasteiger partial charge in [0.2, 0.25) is 5.91 Å². The van der Waals surface area contributed by atoms with Crippen LogP contribution in [0.1, 0.15) is 31.2 Å². The average molecular weight is 365 g/mol. The Kier molecular flexibility index (Phi) is 7.20. The van der Waals surface area contributed by atoms with Crippen molar-refractivity contribution in [2.45, 2.75) is 38.1 Å². The third-order valence-electron chi connectivity index (χ3n) is 4.51. The number of nitrogens with zero attached hydrogens (tertiary/aromatic N) is 1. The quantitative estimate of drug-likeness (QED) is 0.363. The minimum atomic E-state index is -3.50. The van der Waals surface area contributed by atoms with Gasteiger partial charge in [0.05, 0.1) is 18.9 Å². The lowest BCUT2D eigenvalue weighted by atomic mass is 10.0. The monoisotopic (exact) mass is 365 g/mol. The van der Waals surface area contributed by atoms with Crippen LogP contribution >= 0.6 is 0 Å². The Morgan fingerprint density at radius 3 is 2.64 bits per heavy atom. The van der Waals surface area contributed by atoms with Gasteiger partial charge in [-0.3, -0.25) is 8.98 Å². The van der Waals surface area contributed by atoms with Gasteiger partial charge in [0.1, 0.15) is 0 Å². The van der Waals surface area contributed by atoms with Crippen LogP contribution in [-0.4, -0.2) is 44.7 Å². The molecular weight excluding hydrogens is 338 g/mol. The van der Waals surface area contributed by atoms with Gasteiger partial charge in [0.15, 0.2) is 0 Å². The molecule has 6 heteroatoms. The minimum Gasteiger partial charge on any atom is -0.337 e. The molecule has 1 aliphatic heterocycles. The molecule has 138 valence electrons. The Balaban J connectivity index is 1.88. The minimum absolute atomic E-state index is 0.0386. The highest BCUT2D eigenvalue weighted by atomic mass is 32.2. The molecular formula is C19H27NO4S. The molecule has 2 atom stereocenters. The van der Waals surface area contributed by atoms with Crippen LogP contribution in [0.3, 0.4) is 0 Å². The second kappa shape index (κ2) is 9.15. The molecule has 0 saturated carbocycles. The van der Waals surface area contributed by atoms with Crippen molar-refractivity contribution in [1.82, 2.24) is 4.90 Å². The van der Waals surface area contributed by atoms with E-state index in [4.69, 9.17) is 4.18 Å². The highest BCUT2D eigenvalue weighted by Crippen LogP contribution is 2.28. The number of unbranched alkanes of at least 4 members (excludes halogenated alkanes) is 1. The number of rotatable bonds is 10. The zero-order chi connectivity index (χ0) is 18.3. The van der Waals surface area contributed by atoms with Gasteiger partial charge in [0, 0.05) is 12.5 Å². The Bertz CT molecular complexity index is 672. The first-order chi connectivity index (χ1) is 11.9. The number of likely N-dealkylation sites (tertiary alicyclic amines) is 1. The maximum Gasteiger partial charge on any atom is 0.264 e. The van der Waals surface area contributed by atoms with E-state index in [-0.39, 0.29) is 24.5 Å². The molecule has 5 nitrogen and oxygen atoms in total. The van der Waals surface area contributed by atoms with E-state index in [1.54, 1.807) is 11.0 Å². The molecule has 1 heterocycles. The van der Waals surface area contributed by atoms with Crippen LogP contribution in [0, 0.1) is 5.92 Å². The summed E-state index contributed by atoms with van der Waals surface area (Å²) in [6.07, 6.45) is 6.87. The summed E-state index contributed by atoms with van der Waals surface area (Å²) >= 11 is 0. The molecule has 0 radical (unpaired) electrons. The van der Waals surface area contributed by atoms with E-state index in [9.17, 15) is 13.2 Å². The van der Waals surface area contributed by atoms with Crippen molar-refractivity contribution in [2.24, 2.45) is 5.92 Å². The predicted octanol–water partition coefficient (Wildman–Crippen LogP) is 2.78. The lowest BCUT2D eigenvalue weighted by molar-refractivity contribution is -0.132. The highest BCUT2D eigenvalue weighted by Gasteiger charge is 2.38. The molecule has 1 aliphatic rings. The zero-order valence-electron chi connectivity index (χ0n) is 14.8. The second-order valence-electron chi connectivity index (χ2n) is 6.57. The van der Waals surface area contributed by atoms with Gasteiger partial charge in [-0.25, -0.2) is 0 Å². The first-order valence-electron chi connectivity index (χ1n) is 8.70. The molecule has 1 amide bonds. The predicted molar refractivity (Wildman–Crippen MR) is 98.6 cm³/mol. The topological polar surface area (TPSA) is 63.7 Å². The number of hydrogen-bond donors (Lipinski definition) is 0. The molecule has 25 heavy (non-hydrogen) atoms. The van der Waals surface area contributed by atoms with Crippen molar-refractivity contribution >= 4 is 16.0 Å². The fourth-order valence-corrected chi connectivity index (χ4v) is 3.68. The van der Waals surface area contributed by atoms with Crippen LogP contribution in [0.15, 0.2) is 43.0 Å². The van der Waals surface area contributed by atoms with Crippen LogP contribution < -0.4 is 0 Å². The van der Waals surface area contributed by atoms with E-state index in [1.165, 1.54) is 5.56 Å². The summed E-state index contributed by atoms with van der Waals surface area (Å²) in [7, 11) is -3.50. The van der Waals surface area contributed by atoms with Crippen LogP contribution in [0.25, 0.3) is 0 Å². The van der Waals surface area contributed by atoms with Gasteiger partial charge in [-0.1, -0.05) is 36.4 Å². The maximum atomic E-state index is 12.6. The number of aryl methyl sites for hydroxylation is 1. The van der Waals surface area contributed by atoms with Crippen molar-refractivity contribution in [2.75, 3.05) is 19.4 Å². The Hall–Kier alpha value is -1.66. The van der Waals surface area contributed by atoms with Gasteiger partial charge < -0.3 is 4.90 Å². The number of amides is 1. The van der Waals surface area contributed by atoms with Crippen LogP contribution in [0.2, 0.25) is 0 Å². The number of benzene rings is 1. The molecule has 2 rings (SSSR count). The molecule has 1 saturated heterocycles. The summed E-state index contributed by atoms with van der Waals surface area (Å²) in [5, 5.41) is 0. The van der Waals surface area contributed by atoms with E-state index < -0.39 is 10.1 Å². The molecule has 0 aromatic heterocycles. The van der Waals surface area contributed by atoms with Crippen molar-refractivity contribution in [3.8, 4) is 0 Å². The Labute approximate surface area is 150 Å². The van der Waals surface area contributed by atoms with Gasteiger partial charge in [-0.05, 0) is 37.7 Å². The van der Waals surface area contributed by atoms with E-state index in [0.29, 0.717) is 19.4 Å². The van der Waals surface area contributed by atoms with Crippen molar-refractivity contribution < 1.29 is 17.4 Å². The number of hydrogen-bond acceptors (Lipinski definition) is 4. The van der Waals surface area contributed by atoms with E-state index >= 15 is 0 Å². The smallest absolute Gasteiger partial charge is 0.264 e. The SMILES string of the molecule is C=CC[C@@H]1C[C@@H](COS(C)(=O)=O)N(CCCCc2ccccc2)C1=O. The van der Waals surface area contributed by atoms with Crippen molar-refractivity contribution in [3.05, 3.63) is 48.6 Å². The van der Waals surface area contributed by atoms with Crippen LogP contribution in [0.5, 0.6) is 0 Å². The molecule has 1 aromatic carbocycles. The van der Waals surface area contributed by atoms with Crippen LogP contribution in [-0.2, 0) is 25.5 Å². The summed E-state index contributed by atoms with van der Waals surface area (Å²) < 4.78 is 27.5. The molecule has 1 fully saturated rings. The van der Waals surface area contributed by atoms with Crippen molar-refractivity contribution in [3.63, 3.8) is 0 Å². The van der Waals surface area contributed by atoms with Gasteiger partial charge >= 0.3 is 0 Å². The molecule has 0 aliphatic carbocycles. The van der Waals surface area contributed by atoms with E-state index in [2.05, 4.69) is 18.7 Å². The summed E-state index contributed by atoms with van der Waals surface area (Å²) in [5.41, 5.74) is 1.29. The molecule has 1 aromatic rings. The number of carbonyl (C=O) groups is 1. The largest absolute Gasteiger partial charge is 0.337 e. The molecule has 0 N–H and O–H groups in total. The van der Waals surface area contributed by atoms with Gasteiger partial charge in [-0.2, -0.15) is 8.42 Å². The third kappa shape index (κ3) is 6.29. The number of allylic oxidation sites excluding steroid dienone is 1. The first-order valence-corrected chi connectivity index (χ1v) is 10.5. The zero-order valence-corrected chi connectivity index (χ0v) is 15.6. The van der Waals surface area contributed by atoms with E-state index in [1.807, 2.05) is 18.2 Å². The van der Waals surface area contributed by atoms with Gasteiger partial charge in [0.25, 0.3) is 10.1 Å². The lowest BCUT2D eigenvalue weighted by Crippen LogP contribution is -2.37. The average Bonchev–Trinajstić information content (AvgIpc) is 2.86. The van der Waals surface area contributed by atoms with Crippen molar-refractivity contribution in [1.29, 1.82) is 0 Å². The second-order valence-corrected chi connectivity index (χ2v) is 8.22. The molecule has 0 unspecified atom stereocenters. The highest BCUT2D eigenvalue weighted by molar-refractivity contribution is 7.85. The summed E-state index contributed by atoms with van der Waals surface area (Å²) in [4.78, 5) is 14.4. The van der Waals surface area contributed by atoms with E-state index in [0.717, 1.165) is 25.5 Å². The summed E-state index contributed by atoms with van der Waals surface area (Å²) in [5.74, 6) is -0.0264. The summed E-state index contributed by atoms with van der Waals surface area (Å²) in [6, 6.07) is 10.1. The molecule has 0 spiro atoms. The normalized spacial score (nSPS) is 20.8. The fourth-order valence-electron chi connectivity index (χ4n) is 3.28. The standard InChI is InChI=1S/C19H27NO4S/c1-3-9-17-14-18(15-24-25(2,22)23)20(19(17)21)13-8-7-12-16-10-5-4-6-11-16/h3-6,10-11,17-18H,1,7-9,12-15H2,2H3/t17-,18+/m1/s1. The third-order valence-corrected chi connectivity index (χ3v) is 5.08.